The largest absolute Gasteiger partial charge is 0.389 e. The molecule has 3 rings (SSSR count). The molecule has 2 N–H and O–H groups in total. The highest BCUT2D eigenvalue weighted by Crippen LogP contribution is 2.28. The summed E-state index contributed by atoms with van der Waals surface area (Å²) in [7, 11) is 0. The number of aliphatic hydroxyl groups is 1. The van der Waals surface area contributed by atoms with Crippen LogP contribution in [0.4, 0.5) is 11.6 Å². The Bertz CT molecular complexity index is 807. The van der Waals surface area contributed by atoms with E-state index in [0.29, 0.717) is 11.5 Å². The van der Waals surface area contributed by atoms with Crippen LogP contribution in [0.2, 0.25) is 0 Å². The van der Waals surface area contributed by atoms with E-state index in [9.17, 15) is 15.2 Å². The predicted molar refractivity (Wildman–Crippen MR) is 84.1 cm³/mol. The van der Waals surface area contributed by atoms with Crippen molar-refractivity contribution in [2.45, 2.75) is 19.6 Å². The van der Waals surface area contributed by atoms with Crippen LogP contribution in [0.3, 0.4) is 0 Å². The summed E-state index contributed by atoms with van der Waals surface area (Å²) in [5.41, 5.74) is 1.78. The molecule has 0 spiro atoms. The van der Waals surface area contributed by atoms with E-state index in [0.717, 1.165) is 11.1 Å². The van der Waals surface area contributed by atoms with Gasteiger partial charge in [0.25, 0.3) is 4.96 Å². The Morgan fingerprint density at radius 3 is 2.82 bits per heavy atom. The minimum Gasteiger partial charge on any atom is -0.389 e. The maximum absolute atomic E-state index is 11.2. The van der Waals surface area contributed by atoms with Crippen LogP contribution in [-0.4, -0.2) is 19.4 Å². The van der Waals surface area contributed by atoms with Crippen molar-refractivity contribution in [1.82, 2.24) is 9.38 Å². The molecule has 1 aromatic carbocycles. The first-order valence-electron chi connectivity index (χ1n) is 6.67. The van der Waals surface area contributed by atoms with Gasteiger partial charge < -0.3 is 20.5 Å². The summed E-state index contributed by atoms with van der Waals surface area (Å²) in [6.07, 6.45) is 1.12. The number of fused-ring (bicyclic) bond motifs is 1. The number of anilines is 1. The van der Waals surface area contributed by atoms with Crippen LogP contribution in [0.15, 0.2) is 35.8 Å². The van der Waals surface area contributed by atoms with E-state index >= 15 is 0 Å². The van der Waals surface area contributed by atoms with Crippen LogP contribution in [-0.2, 0) is 6.54 Å². The van der Waals surface area contributed by atoms with Crippen LogP contribution in [0.1, 0.15) is 24.2 Å². The fourth-order valence-corrected chi connectivity index (χ4v) is 2.88. The van der Waals surface area contributed by atoms with Gasteiger partial charge in [-0.05, 0) is 23.0 Å². The Hall–Kier alpha value is -2.45. The van der Waals surface area contributed by atoms with Gasteiger partial charge in [0.1, 0.15) is 6.20 Å². The first kappa shape index (κ1) is 14.5. The molecule has 22 heavy (non-hydrogen) atoms. The second-order valence-electron chi connectivity index (χ2n) is 4.87. The third-order valence-corrected chi connectivity index (χ3v) is 4.09. The molecule has 7 nitrogen and oxygen atoms in total. The van der Waals surface area contributed by atoms with Crippen molar-refractivity contribution in [3.8, 4) is 0 Å². The van der Waals surface area contributed by atoms with Gasteiger partial charge in [0, 0.05) is 11.9 Å². The topological polar surface area (TPSA) is 92.7 Å². The molecule has 2 heterocycles. The van der Waals surface area contributed by atoms with Gasteiger partial charge in [-0.2, -0.15) is 9.38 Å². The molecule has 1 atom stereocenters. The average molecular weight is 318 g/mol. The third kappa shape index (κ3) is 2.66. The van der Waals surface area contributed by atoms with Crippen molar-refractivity contribution in [3.05, 3.63) is 57.1 Å². The van der Waals surface area contributed by atoms with Crippen LogP contribution in [0.5, 0.6) is 0 Å². The number of nitrogens with one attached hydrogen (secondary N) is 1. The Labute approximate surface area is 130 Å². The zero-order chi connectivity index (χ0) is 15.7. The number of nitro groups is 1. The van der Waals surface area contributed by atoms with Gasteiger partial charge in [-0.1, -0.05) is 35.6 Å². The minimum absolute atomic E-state index is 0.0585. The zero-order valence-corrected chi connectivity index (χ0v) is 12.6. The molecule has 0 aliphatic carbocycles. The fraction of sp³-hybridized carbons (Fsp3) is 0.214. The highest BCUT2D eigenvalue weighted by Gasteiger charge is 2.23. The number of nitrogens with zero attached hydrogens (tertiary/aromatic N) is 3. The quantitative estimate of drug-likeness (QED) is 0.557. The van der Waals surface area contributed by atoms with Gasteiger partial charge in [0.05, 0.1) is 6.10 Å². The van der Waals surface area contributed by atoms with Gasteiger partial charge in [-0.25, -0.2) is 0 Å². The molecule has 0 radical (unpaired) electrons. The second kappa shape index (κ2) is 5.74. The van der Waals surface area contributed by atoms with Crippen molar-refractivity contribution < 1.29 is 10.0 Å². The second-order valence-corrected chi connectivity index (χ2v) is 5.74. The maximum atomic E-state index is 11.2. The number of hydrogen-bond acceptors (Lipinski definition) is 6. The van der Waals surface area contributed by atoms with E-state index in [1.54, 1.807) is 18.5 Å². The molecule has 114 valence electrons. The van der Waals surface area contributed by atoms with Crippen molar-refractivity contribution in [2.24, 2.45) is 0 Å². The monoisotopic (exact) mass is 318 g/mol. The average Bonchev–Trinajstić information content (AvgIpc) is 3.05. The van der Waals surface area contributed by atoms with Gasteiger partial charge in [0.15, 0.2) is 0 Å². The standard InChI is InChI=1S/C14H14N4O3S/c1-9(19)11-4-2-10(3-5-11)8-15-12-13(18(20)21)17-6-7-22-14(17)16-12/h2-7,9,15,19H,8H2,1H3. The maximum Gasteiger partial charge on any atom is 0.372 e. The summed E-state index contributed by atoms with van der Waals surface area (Å²) in [5, 5.41) is 25.4. The number of aromatic nitrogens is 2. The van der Waals surface area contributed by atoms with E-state index < -0.39 is 11.0 Å². The number of rotatable bonds is 5. The normalized spacial score (nSPS) is 12.5. The number of benzene rings is 1. The zero-order valence-electron chi connectivity index (χ0n) is 11.8. The van der Waals surface area contributed by atoms with Crippen LogP contribution >= 0.6 is 11.3 Å². The lowest BCUT2D eigenvalue weighted by Crippen LogP contribution is -2.03. The van der Waals surface area contributed by atoms with Crippen molar-refractivity contribution in [2.75, 3.05) is 5.32 Å². The summed E-state index contributed by atoms with van der Waals surface area (Å²) in [4.78, 5) is 15.6. The summed E-state index contributed by atoms with van der Waals surface area (Å²) in [6.45, 7) is 2.13. The molecule has 8 heteroatoms. The molecular formula is C14H14N4O3S. The van der Waals surface area contributed by atoms with Gasteiger partial charge >= 0.3 is 5.82 Å². The molecule has 3 aromatic rings. The molecule has 0 amide bonds. The highest BCUT2D eigenvalue weighted by atomic mass is 32.1. The SMILES string of the molecule is CC(O)c1ccc(CNc2nc3sccn3c2[N+](=O)[O-])cc1. The number of aliphatic hydroxyl groups excluding tert-OH is 1. The lowest BCUT2D eigenvalue weighted by molar-refractivity contribution is -0.389. The predicted octanol–water partition coefficient (Wildman–Crippen LogP) is 2.97. The number of thiazole rings is 1. The Balaban J connectivity index is 1.80. The molecule has 0 saturated carbocycles. The van der Waals surface area contributed by atoms with Crippen molar-refractivity contribution >= 4 is 27.9 Å². The Morgan fingerprint density at radius 1 is 1.45 bits per heavy atom. The van der Waals surface area contributed by atoms with Crippen LogP contribution < -0.4 is 5.32 Å². The van der Waals surface area contributed by atoms with Crippen LogP contribution in [0.25, 0.3) is 4.96 Å². The van der Waals surface area contributed by atoms with E-state index in [2.05, 4.69) is 10.3 Å². The van der Waals surface area contributed by atoms with Gasteiger partial charge in [-0.15, -0.1) is 0 Å². The molecule has 1 unspecified atom stereocenters. The molecule has 0 aliphatic rings. The van der Waals surface area contributed by atoms with E-state index in [-0.39, 0.29) is 11.6 Å². The summed E-state index contributed by atoms with van der Waals surface area (Å²) in [5.74, 6) is 0.202. The van der Waals surface area contributed by atoms with Gasteiger partial charge in [-0.3, -0.25) is 0 Å². The molecule has 0 bridgehead atoms. The Kier molecular flexibility index (Phi) is 3.78. The summed E-state index contributed by atoms with van der Waals surface area (Å²) >= 11 is 1.35. The van der Waals surface area contributed by atoms with Crippen molar-refractivity contribution in [1.29, 1.82) is 0 Å². The fourth-order valence-electron chi connectivity index (χ4n) is 2.17. The number of imidazole rings is 1. The third-order valence-electron chi connectivity index (χ3n) is 3.33. The summed E-state index contributed by atoms with van der Waals surface area (Å²) < 4.78 is 1.46. The minimum atomic E-state index is -0.511. The molecule has 2 aromatic heterocycles. The summed E-state index contributed by atoms with van der Waals surface area (Å²) in [6, 6.07) is 7.42. The lowest BCUT2D eigenvalue weighted by Gasteiger charge is -2.07. The highest BCUT2D eigenvalue weighted by molar-refractivity contribution is 7.15. The molecule has 0 fully saturated rings. The first-order chi connectivity index (χ1) is 10.6. The lowest BCUT2D eigenvalue weighted by atomic mass is 10.1. The van der Waals surface area contributed by atoms with E-state index in [1.165, 1.54) is 15.7 Å². The van der Waals surface area contributed by atoms with E-state index in [1.807, 2.05) is 24.3 Å². The smallest absolute Gasteiger partial charge is 0.372 e. The Morgan fingerprint density at radius 2 is 2.18 bits per heavy atom. The molecular weight excluding hydrogens is 304 g/mol. The van der Waals surface area contributed by atoms with E-state index in [4.69, 9.17) is 0 Å². The molecule has 0 aliphatic heterocycles. The van der Waals surface area contributed by atoms with Crippen LogP contribution in [0, 0.1) is 10.1 Å². The van der Waals surface area contributed by atoms with Crippen molar-refractivity contribution in [3.63, 3.8) is 0 Å². The first-order valence-corrected chi connectivity index (χ1v) is 7.55. The molecule has 0 saturated heterocycles. The number of hydrogen-bond donors (Lipinski definition) is 2. The van der Waals surface area contributed by atoms with Gasteiger partial charge in [0.2, 0.25) is 5.82 Å².